The van der Waals surface area contributed by atoms with Crippen molar-refractivity contribution in [2.45, 2.75) is 44.1 Å². The number of piperidine rings is 2. The van der Waals surface area contributed by atoms with Crippen LogP contribution in [0.25, 0.3) is 0 Å². The maximum absolute atomic E-state index is 12.8. The largest absolute Gasteiger partial charge is 0.494 e. The molecule has 3 fully saturated rings. The number of sulfonamides is 1. The summed E-state index contributed by atoms with van der Waals surface area (Å²) in [6.45, 7) is 4.66. The van der Waals surface area contributed by atoms with Gasteiger partial charge in [-0.15, -0.1) is 0 Å². The van der Waals surface area contributed by atoms with E-state index in [0.29, 0.717) is 86.7 Å². The van der Waals surface area contributed by atoms with Crippen LogP contribution in [0, 0.1) is 5.92 Å². The number of hydrogen-bond acceptors (Lipinski definition) is 13. The highest BCUT2D eigenvalue weighted by Crippen LogP contribution is 2.40. The number of methoxy groups -OCH3 is 1. The van der Waals surface area contributed by atoms with E-state index in [-0.39, 0.29) is 40.5 Å². The van der Waals surface area contributed by atoms with Crippen LogP contribution in [0.1, 0.15) is 42.7 Å². The average molecular weight is 857 g/mol. The molecule has 4 aliphatic heterocycles. The number of carbonyl (C=O) groups is 3. The minimum atomic E-state index is -3.46. The molecule has 1 unspecified atom stereocenters. The number of aromatic nitrogens is 2. The van der Waals surface area contributed by atoms with Crippen LogP contribution in [0.15, 0.2) is 66.9 Å². The molecular weight excluding hydrogens is 808 g/mol. The molecule has 316 valence electrons. The number of rotatable bonds is 14. The van der Waals surface area contributed by atoms with E-state index in [0.717, 1.165) is 48.4 Å². The Bertz CT molecular complexity index is 2370. The average Bonchev–Trinajstić information content (AvgIpc) is 3.68. The number of ether oxygens (including phenoxy) is 1. The number of halogens is 1. The number of para-hydroxylation sites is 1. The lowest BCUT2D eigenvalue weighted by Gasteiger charge is -2.40. The summed E-state index contributed by atoms with van der Waals surface area (Å²) < 4.78 is 32.2. The molecule has 0 spiro atoms. The Morgan fingerprint density at radius 1 is 0.917 bits per heavy atom. The molecule has 0 aliphatic carbocycles. The molecule has 60 heavy (non-hydrogen) atoms. The molecule has 8 rings (SSSR count). The van der Waals surface area contributed by atoms with Crippen molar-refractivity contribution < 1.29 is 27.5 Å². The number of hydrogen-bond donors (Lipinski definition) is 5. The standard InChI is InChI=1S/C42H49ClN10O6S/c1-59-36-22-31(10-12-34(36)48-42-46-23-33(43)39(50-42)47-35-5-3-4-27-14-21-53(38(27)35)60(2,57)58)51-19-15-29(16-20-51)44-17-18-45-40(55)28-24-52(25-28)30-8-6-26(7-9-30)32-11-13-37(54)49-41(32)56/h3-10,12,22-23,28-29,32,44H,11,13-21,24-25H2,1-2H3,(H,45,55)(H,49,54,56)(H2,46,47,48,50). The zero-order valence-corrected chi connectivity index (χ0v) is 35.1. The fourth-order valence-corrected chi connectivity index (χ4v) is 9.44. The molecule has 0 saturated carbocycles. The van der Waals surface area contributed by atoms with Crippen LogP contribution in [-0.4, -0.2) is 101 Å². The van der Waals surface area contributed by atoms with E-state index >= 15 is 0 Å². The van der Waals surface area contributed by atoms with E-state index in [4.69, 9.17) is 16.3 Å². The highest BCUT2D eigenvalue weighted by atomic mass is 35.5. The van der Waals surface area contributed by atoms with Crippen molar-refractivity contribution in [3.8, 4) is 5.75 Å². The Kier molecular flexibility index (Phi) is 12.0. The summed E-state index contributed by atoms with van der Waals surface area (Å²) in [5, 5.41) is 15.9. The first-order valence-corrected chi connectivity index (χ1v) is 22.4. The molecule has 18 heteroatoms. The number of carbonyl (C=O) groups excluding carboxylic acids is 3. The number of anilines is 7. The van der Waals surface area contributed by atoms with Gasteiger partial charge in [0.05, 0.1) is 48.5 Å². The van der Waals surface area contributed by atoms with Gasteiger partial charge in [0.1, 0.15) is 10.8 Å². The van der Waals surface area contributed by atoms with Crippen molar-refractivity contribution in [1.82, 2.24) is 25.9 Å². The molecule has 3 saturated heterocycles. The third-order valence-corrected chi connectivity index (χ3v) is 13.1. The van der Waals surface area contributed by atoms with E-state index < -0.39 is 10.0 Å². The molecule has 5 N–H and O–H groups in total. The van der Waals surface area contributed by atoms with Crippen LogP contribution >= 0.6 is 11.6 Å². The molecule has 5 heterocycles. The van der Waals surface area contributed by atoms with Gasteiger partial charge in [-0.1, -0.05) is 35.9 Å². The van der Waals surface area contributed by atoms with Crippen molar-refractivity contribution in [3.05, 3.63) is 83.0 Å². The lowest BCUT2D eigenvalue weighted by atomic mass is 9.90. The van der Waals surface area contributed by atoms with Gasteiger partial charge in [0, 0.05) is 75.7 Å². The number of fused-ring (bicyclic) bond motifs is 1. The zero-order valence-electron chi connectivity index (χ0n) is 33.5. The summed E-state index contributed by atoms with van der Waals surface area (Å²) in [6, 6.07) is 19.7. The van der Waals surface area contributed by atoms with Crippen molar-refractivity contribution in [1.29, 1.82) is 0 Å². The Morgan fingerprint density at radius 3 is 2.42 bits per heavy atom. The van der Waals surface area contributed by atoms with Crippen molar-refractivity contribution in [3.63, 3.8) is 0 Å². The van der Waals surface area contributed by atoms with Gasteiger partial charge < -0.3 is 35.8 Å². The van der Waals surface area contributed by atoms with E-state index in [1.54, 1.807) is 13.2 Å². The Balaban J connectivity index is 0.773. The Labute approximate surface area is 354 Å². The molecular formula is C42H49ClN10O6S. The molecule has 0 bridgehead atoms. The highest BCUT2D eigenvalue weighted by molar-refractivity contribution is 7.92. The van der Waals surface area contributed by atoms with E-state index in [1.807, 2.05) is 54.6 Å². The Hall–Kier alpha value is -5.65. The summed E-state index contributed by atoms with van der Waals surface area (Å²) >= 11 is 6.50. The van der Waals surface area contributed by atoms with Gasteiger partial charge in [-0.2, -0.15) is 4.98 Å². The van der Waals surface area contributed by atoms with Crippen LogP contribution < -0.4 is 45.4 Å². The van der Waals surface area contributed by atoms with Gasteiger partial charge in [-0.25, -0.2) is 13.4 Å². The molecule has 16 nitrogen and oxygen atoms in total. The van der Waals surface area contributed by atoms with Crippen molar-refractivity contribution >= 4 is 79.5 Å². The first-order chi connectivity index (χ1) is 28.9. The van der Waals surface area contributed by atoms with Crippen LogP contribution in [0.3, 0.4) is 0 Å². The molecule has 4 aliphatic rings. The van der Waals surface area contributed by atoms with Gasteiger partial charge in [0.2, 0.25) is 33.7 Å². The predicted molar refractivity (Wildman–Crippen MR) is 232 cm³/mol. The van der Waals surface area contributed by atoms with E-state index in [2.05, 4.69) is 46.4 Å². The summed E-state index contributed by atoms with van der Waals surface area (Å²) in [4.78, 5) is 50.0. The maximum Gasteiger partial charge on any atom is 0.234 e. The fourth-order valence-electron chi connectivity index (χ4n) is 8.33. The van der Waals surface area contributed by atoms with Gasteiger partial charge in [0.25, 0.3) is 0 Å². The third-order valence-electron chi connectivity index (χ3n) is 11.7. The number of amides is 3. The summed E-state index contributed by atoms with van der Waals surface area (Å²) in [6.07, 6.45) is 6.09. The smallest absolute Gasteiger partial charge is 0.234 e. The first kappa shape index (κ1) is 41.1. The van der Waals surface area contributed by atoms with Gasteiger partial charge in [0.15, 0.2) is 5.82 Å². The second kappa shape index (κ2) is 17.5. The van der Waals surface area contributed by atoms with Crippen LogP contribution in [0.4, 0.5) is 40.2 Å². The quantitative estimate of drug-likeness (QED) is 0.0894. The summed E-state index contributed by atoms with van der Waals surface area (Å²) in [5.74, 6) is 0.476. The van der Waals surface area contributed by atoms with Crippen molar-refractivity contribution in [2.24, 2.45) is 5.92 Å². The lowest BCUT2D eigenvalue weighted by molar-refractivity contribution is -0.134. The predicted octanol–water partition coefficient (Wildman–Crippen LogP) is 4.28. The number of imide groups is 1. The molecule has 1 aromatic heterocycles. The lowest BCUT2D eigenvalue weighted by Crippen LogP contribution is -2.54. The summed E-state index contributed by atoms with van der Waals surface area (Å²) in [5.41, 5.74) is 5.73. The minimum Gasteiger partial charge on any atom is -0.494 e. The zero-order chi connectivity index (χ0) is 42.0. The second-order valence-electron chi connectivity index (χ2n) is 15.6. The fraction of sp³-hybridized carbons (Fsp3) is 0.405. The highest BCUT2D eigenvalue weighted by Gasteiger charge is 2.34. The first-order valence-electron chi connectivity index (χ1n) is 20.2. The number of nitrogens with zero attached hydrogens (tertiary/aromatic N) is 5. The molecule has 3 aromatic carbocycles. The van der Waals surface area contributed by atoms with Crippen LogP contribution in [0.5, 0.6) is 5.75 Å². The number of nitrogens with one attached hydrogen (secondary N) is 5. The normalized spacial score (nSPS) is 18.4. The monoisotopic (exact) mass is 856 g/mol. The van der Waals surface area contributed by atoms with Crippen LogP contribution in [-0.2, 0) is 30.8 Å². The van der Waals surface area contributed by atoms with E-state index in [9.17, 15) is 22.8 Å². The summed E-state index contributed by atoms with van der Waals surface area (Å²) in [7, 11) is -1.85. The molecule has 4 aromatic rings. The molecule has 0 radical (unpaired) electrons. The van der Waals surface area contributed by atoms with Gasteiger partial charge >= 0.3 is 0 Å². The SMILES string of the molecule is COc1cc(N2CCC(NCCNC(=O)C3CN(c4ccc(C5CCC(=O)NC5=O)cc4)C3)CC2)ccc1Nc1ncc(Cl)c(Nc2cccc3c2N(S(C)(=O)=O)CC3)n1. The topological polar surface area (TPSA) is 190 Å². The Morgan fingerprint density at radius 2 is 1.68 bits per heavy atom. The van der Waals surface area contributed by atoms with Gasteiger partial charge in [-0.05, 0) is 67.1 Å². The molecule has 3 amide bonds. The van der Waals surface area contributed by atoms with Crippen LogP contribution in [0.2, 0.25) is 5.02 Å². The minimum absolute atomic E-state index is 0.0627. The van der Waals surface area contributed by atoms with Crippen molar-refractivity contribution in [2.75, 3.05) is 83.9 Å². The third kappa shape index (κ3) is 9.07. The van der Waals surface area contributed by atoms with E-state index in [1.165, 1.54) is 16.8 Å². The van der Waals surface area contributed by atoms with Gasteiger partial charge in [-0.3, -0.25) is 24.0 Å². The second-order valence-corrected chi connectivity index (χ2v) is 17.9. The molecule has 1 atom stereocenters. The maximum atomic E-state index is 12.8. The number of benzene rings is 3.